The summed E-state index contributed by atoms with van der Waals surface area (Å²) in [5.74, 6) is 0.587. The number of rotatable bonds is 2. The van der Waals surface area contributed by atoms with Gasteiger partial charge in [-0.1, -0.05) is 6.07 Å². The van der Waals surface area contributed by atoms with Crippen LogP contribution in [0.4, 0.5) is 5.82 Å². The molecule has 2 aliphatic heterocycles. The Morgan fingerprint density at radius 1 is 0.900 bits per heavy atom. The topological polar surface area (TPSA) is 91.8 Å². The highest BCUT2D eigenvalue weighted by Gasteiger charge is 2.31. The van der Waals surface area contributed by atoms with Crippen molar-refractivity contribution in [3.63, 3.8) is 0 Å². The Morgan fingerprint density at radius 2 is 1.57 bits per heavy atom. The lowest BCUT2D eigenvalue weighted by molar-refractivity contribution is -0.154. The molecule has 158 valence electrons. The Morgan fingerprint density at radius 3 is 2.20 bits per heavy atom. The highest BCUT2D eigenvalue weighted by atomic mass is 16.5. The lowest BCUT2D eigenvalue weighted by atomic mass is 10.2. The van der Waals surface area contributed by atoms with Crippen LogP contribution in [0.1, 0.15) is 11.3 Å². The van der Waals surface area contributed by atoms with Crippen molar-refractivity contribution in [3.05, 3.63) is 35.7 Å². The average molecular weight is 410 g/mol. The van der Waals surface area contributed by atoms with Crippen LogP contribution in [0.25, 0.3) is 11.5 Å². The van der Waals surface area contributed by atoms with Gasteiger partial charge in [-0.05, 0) is 26.0 Å². The van der Waals surface area contributed by atoms with E-state index in [9.17, 15) is 9.59 Å². The zero-order valence-corrected chi connectivity index (χ0v) is 17.4. The van der Waals surface area contributed by atoms with Crippen LogP contribution >= 0.6 is 0 Å². The van der Waals surface area contributed by atoms with Crippen LogP contribution in [0, 0.1) is 13.8 Å². The third-order valence-electron chi connectivity index (χ3n) is 5.61. The third kappa shape index (κ3) is 4.11. The number of carbonyl (C=O) groups is 2. The van der Waals surface area contributed by atoms with Gasteiger partial charge in [-0.2, -0.15) is 0 Å². The smallest absolute Gasteiger partial charge is 0.312 e. The van der Waals surface area contributed by atoms with Crippen molar-refractivity contribution in [2.75, 3.05) is 57.4 Å². The maximum Gasteiger partial charge on any atom is 0.312 e. The van der Waals surface area contributed by atoms with Gasteiger partial charge in [0.1, 0.15) is 11.5 Å². The predicted octanol–water partition coefficient (Wildman–Crippen LogP) is 0.663. The quantitative estimate of drug-likeness (QED) is 0.672. The van der Waals surface area contributed by atoms with E-state index in [0.29, 0.717) is 58.3 Å². The number of anilines is 1. The van der Waals surface area contributed by atoms with Crippen molar-refractivity contribution in [1.29, 1.82) is 0 Å². The average Bonchev–Trinajstić information content (AvgIpc) is 2.81. The molecule has 2 aromatic rings. The normalized spacial score (nSPS) is 17.2. The van der Waals surface area contributed by atoms with Crippen molar-refractivity contribution >= 4 is 17.6 Å². The number of nitrogens with zero attached hydrogens (tertiary/aromatic N) is 6. The van der Waals surface area contributed by atoms with Gasteiger partial charge >= 0.3 is 11.8 Å². The molecular formula is C21H26N6O3. The molecule has 0 N–H and O–H groups in total. The molecule has 4 heterocycles. The largest absolute Gasteiger partial charge is 0.378 e. The minimum Gasteiger partial charge on any atom is -0.378 e. The van der Waals surface area contributed by atoms with Crippen LogP contribution in [-0.4, -0.2) is 89.0 Å². The zero-order chi connectivity index (χ0) is 21.1. The summed E-state index contributed by atoms with van der Waals surface area (Å²) < 4.78 is 5.26. The zero-order valence-electron chi connectivity index (χ0n) is 17.4. The molecule has 0 aliphatic carbocycles. The van der Waals surface area contributed by atoms with E-state index in [-0.39, 0.29) is 0 Å². The maximum atomic E-state index is 12.6. The fourth-order valence-electron chi connectivity index (χ4n) is 3.69. The van der Waals surface area contributed by atoms with Crippen molar-refractivity contribution < 1.29 is 14.3 Å². The summed E-state index contributed by atoms with van der Waals surface area (Å²) >= 11 is 0. The van der Waals surface area contributed by atoms with Gasteiger partial charge in [0.2, 0.25) is 0 Å². The van der Waals surface area contributed by atoms with Gasteiger partial charge in [0.15, 0.2) is 5.82 Å². The molecule has 2 fully saturated rings. The summed E-state index contributed by atoms with van der Waals surface area (Å²) in [5.41, 5.74) is 2.65. The fourth-order valence-corrected chi connectivity index (χ4v) is 3.69. The fraction of sp³-hybridized carbons (Fsp3) is 0.476. The molecule has 0 bridgehead atoms. The van der Waals surface area contributed by atoms with Gasteiger partial charge in [0.25, 0.3) is 0 Å². The van der Waals surface area contributed by atoms with Gasteiger partial charge < -0.3 is 19.4 Å². The summed E-state index contributed by atoms with van der Waals surface area (Å²) in [6, 6.07) is 5.66. The highest BCUT2D eigenvalue weighted by molar-refractivity contribution is 6.34. The number of piperazine rings is 1. The Labute approximate surface area is 175 Å². The molecule has 30 heavy (non-hydrogen) atoms. The molecule has 0 spiro atoms. The summed E-state index contributed by atoms with van der Waals surface area (Å²) in [5, 5.41) is 0. The van der Waals surface area contributed by atoms with E-state index in [0.717, 1.165) is 22.8 Å². The SMILES string of the molecule is Cc1nc(-c2ccccn2)nc(N2CCN(C(=O)C(=O)N3CCOCC3)CC2)c1C. The molecule has 9 nitrogen and oxygen atoms in total. The van der Waals surface area contributed by atoms with Crippen molar-refractivity contribution in [2.45, 2.75) is 13.8 Å². The lowest BCUT2D eigenvalue weighted by Crippen LogP contribution is -2.55. The van der Waals surface area contributed by atoms with E-state index < -0.39 is 11.8 Å². The van der Waals surface area contributed by atoms with Crippen molar-refractivity contribution in [1.82, 2.24) is 24.8 Å². The van der Waals surface area contributed by atoms with Gasteiger partial charge in [-0.25, -0.2) is 9.97 Å². The second kappa shape index (κ2) is 8.74. The first-order valence-corrected chi connectivity index (χ1v) is 10.2. The second-order valence-corrected chi connectivity index (χ2v) is 7.48. The Hall–Kier alpha value is -3.07. The van der Waals surface area contributed by atoms with Crippen LogP contribution in [0.3, 0.4) is 0 Å². The number of pyridine rings is 1. The molecule has 9 heteroatoms. The van der Waals surface area contributed by atoms with Gasteiger partial charge in [0.05, 0.1) is 13.2 Å². The summed E-state index contributed by atoms with van der Waals surface area (Å²) in [6.45, 7) is 8.07. The first kappa shape index (κ1) is 20.2. The number of morpholine rings is 1. The van der Waals surface area contributed by atoms with Gasteiger partial charge in [0, 0.05) is 56.7 Å². The Bertz CT molecular complexity index is 922. The minimum absolute atomic E-state index is 0.429. The van der Waals surface area contributed by atoms with E-state index in [1.54, 1.807) is 16.0 Å². The molecule has 2 aromatic heterocycles. The molecule has 4 rings (SSSR count). The van der Waals surface area contributed by atoms with E-state index in [2.05, 4.69) is 14.9 Å². The molecule has 0 saturated carbocycles. The maximum absolute atomic E-state index is 12.6. The van der Waals surface area contributed by atoms with Crippen molar-refractivity contribution in [2.24, 2.45) is 0 Å². The van der Waals surface area contributed by atoms with Crippen molar-refractivity contribution in [3.8, 4) is 11.5 Å². The highest BCUT2D eigenvalue weighted by Crippen LogP contribution is 2.24. The second-order valence-electron chi connectivity index (χ2n) is 7.48. The predicted molar refractivity (Wildman–Crippen MR) is 111 cm³/mol. The number of aromatic nitrogens is 3. The number of carbonyl (C=O) groups excluding carboxylic acids is 2. The Kier molecular flexibility index (Phi) is 5.89. The van der Waals surface area contributed by atoms with Gasteiger partial charge in [-0.15, -0.1) is 0 Å². The molecule has 0 atom stereocenters. The molecule has 2 aliphatic rings. The summed E-state index contributed by atoms with van der Waals surface area (Å²) in [6.07, 6.45) is 1.73. The number of hydrogen-bond donors (Lipinski definition) is 0. The summed E-state index contributed by atoms with van der Waals surface area (Å²) in [7, 11) is 0. The monoisotopic (exact) mass is 410 g/mol. The van der Waals surface area contributed by atoms with Crippen LogP contribution in [-0.2, 0) is 14.3 Å². The summed E-state index contributed by atoms with van der Waals surface area (Å²) in [4.78, 5) is 44.2. The van der Waals surface area contributed by atoms with Crippen LogP contribution in [0.15, 0.2) is 24.4 Å². The molecular weight excluding hydrogens is 384 g/mol. The number of aryl methyl sites for hydroxylation is 1. The minimum atomic E-state index is -0.432. The number of hydrogen-bond acceptors (Lipinski definition) is 7. The first-order chi connectivity index (χ1) is 14.5. The lowest BCUT2D eigenvalue weighted by Gasteiger charge is -2.37. The van der Waals surface area contributed by atoms with Crippen LogP contribution in [0.5, 0.6) is 0 Å². The number of ether oxygens (including phenoxy) is 1. The molecule has 0 radical (unpaired) electrons. The van der Waals surface area contributed by atoms with Gasteiger partial charge in [-0.3, -0.25) is 14.6 Å². The Balaban J connectivity index is 1.45. The number of amides is 2. The molecule has 0 unspecified atom stereocenters. The van der Waals surface area contributed by atoms with Crippen LogP contribution < -0.4 is 4.90 Å². The van der Waals surface area contributed by atoms with E-state index in [1.165, 1.54) is 0 Å². The molecule has 2 saturated heterocycles. The van der Waals surface area contributed by atoms with E-state index in [4.69, 9.17) is 9.72 Å². The first-order valence-electron chi connectivity index (χ1n) is 10.2. The molecule has 2 amide bonds. The van der Waals surface area contributed by atoms with E-state index in [1.807, 2.05) is 32.0 Å². The third-order valence-corrected chi connectivity index (χ3v) is 5.61. The standard InChI is InChI=1S/C21H26N6O3/c1-15-16(2)23-18(17-5-3-4-6-22-17)24-19(15)25-7-9-26(10-8-25)20(28)21(29)27-11-13-30-14-12-27/h3-6H,7-14H2,1-2H3. The molecule has 0 aromatic carbocycles. The van der Waals surface area contributed by atoms with E-state index >= 15 is 0 Å². The van der Waals surface area contributed by atoms with Crippen LogP contribution in [0.2, 0.25) is 0 Å².